The van der Waals surface area contributed by atoms with Gasteiger partial charge in [0, 0.05) is 11.3 Å². The second-order valence-corrected chi connectivity index (χ2v) is 9.37. The number of ketones is 1. The largest absolute Gasteiger partial charge is 0.462 e. The third-order valence-electron chi connectivity index (χ3n) is 5.97. The number of nitrogens with one attached hydrogen (secondary N) is 1. The number of esters is 1. The third kappa shape index (κ3) is 10.2. The first-order valence-electron chi connectivity index (χ1n) is 12.8. The summed E-state index contributed by atoms with van der Waals surface area (Å²) in [5.41, 5.74) is 1.88. The van der Waals surface area contributed by atoms with E-state index in [-0.39, 0.29) is 0 Å². The molecule has 2 aromatic rings. The molecule has 190 valence electrons. The highest BCUT2D eigenvalue weighted by Crippen LogP contribution is 2.17. The molecule has 6 heteroatoms. The molecule has 1 amide bonds. The number of aryl methyl sites for hydroxylation is 1. The minimum atomic E-state index is -1.37. The predicted molar refractivity (Wildman–Crippen MR) is 142 cm³/mol. The number of alkyl halides is 1. The van der Waals surface area contributed by atoms with Gasteiger partial charge >= 0.3 is 5.97 Å². The van der Waals surface area contributed by atoms with Crippen LogP contribution in [0.5, 0.6) is 0 Å². The van der Waals surface area contributed by atoms with Gasteiger partial charge in [0.15, 0.2) is 11.2 Å². The molecule has 1 N–H and O–H groups in total. The van der Waals surface area contributed by atoms with Crippen molar-refractivity contribution < 1.29 is 19.1 Å². The van der Waals surface area contributed by atoms with Crippen molar-refractivity contribution in [3.63, 3.8) is 0 Å². The summed E-state index contributed by atoms with van der Waals surface area (Å²) in [7, 11) is 0. The average Bonchev–Trinajstić information content (AvgIpc) is 2.86. The first-order chi connectivity index (χ1) is 16.9. The quantitative estimate of drug-likeness (QED) is 0.0852. The number of hydrogen-bond donors (Lipinski definition) is 1. The van der Waals surface area contributed by atoms with Crippen LogP contribution in [0.3, 0.4) is 0 Å². The highest BCUT2D eigenvalue weighted by atomic mass is 35.5. The van der Waals surface area contributed by atoms with Gasteiger partial charge in [-0.05, 0) is 37.1 Å². The van der Waals surface area contributed by atoms with Crippen molar-refractivity contribution in [2.24, 2.45) is 0 Å². The fourth-order valence-corrected chi connectivity index (χ4v) is 4.04. The maximum absolute atomic E-state index is 12.6. The number of benzene rings is 2. The second kappa shape index (κ2) is 16.1. The van der Waals surface area contributed by atoms with Gasteiger partial charge < -0.3 is 10.1 Å². The Morgan fingerprint density at radius 1 is 0.857 bits per heavy atom. The van der Waals surface area contributed by atoms with Gasteiger partial charge in [0.1, 0.15) is 0 Å². The molecule has 5 nitrogen and oxygen atoms in total. The number of anilines is 1. The molecular formula is C29H38ClNO4. The van der Waals surface area contributed by atoms with Gasteiger partial charge in [-0.1, -0.05) is 95.0 Å². The third-order valence-corrected chi connectivity index (χ3v) is 6.36. The predicted octanol–water partition coefficient (Wildman–Crippen LogP) is 7.50. The van der Waals surface area contributed by atoms with Crippen LogP contribution in [0.25, 0.3) is 0 Å². The number of Topliss-reactive ketones (excluding diaryl/α,β-unsaturated/α-hetero) is 1. The number of hydrogen-bond acceptors (Lipinski definition) is 4. The lowest BCUT2D eigenvalue weighted by Crippen LogP contribution is -2.31. The molecule has 0 radical (unpaired) electrons. The molecule has 2 aromatic carbocycles. The van der Waals surface area contributed by atoms with Crippen LogP contribution in [0, 0.1) is 6.92 Å². The molecule has 0 fully saturated rings. The highest BCUT2D eigenvalue weighted by Gasteiger charge is 2.26. The van der Waals surface area contributed by atoms with Gasteiger partial charge in [0.25, 0.3) is 0 Å². The fraction of sp³-hybridized carbons (Fsp3) is 0.483. The van der Waals surface area contributed by atoms with Gasteiger partial charge in [-0.2, -0.15) is 0 Å². The SMILES string of the molecule is CCCCCCCCCCCCOC(=O)c1cccc(NC(=O)C(Cl)C(=O)c2ccccc2C)c1. The number of ether oxygens (including phenoxy) is 1. The standard InChI is InChI=1S/C29H38ClNO4/c1-3-4-5-6-7-8-9-10-11-14-20-35-29(34)23-17-15-18-24(21-23)31-28(33)26(30)27(32)25-19-13-12-16-22(25)2/h12-13,15-19,21,26H,3-11,14,20H2,1-2H3,(H,31,33). The molecule has 0 heterocycles. The summed E-state index contributed by atoms with van der Waals surface area (Å²) in [5, 5.41) is 1.25. The summed E-state index contributed by atoms with van der Waals surface area (Å²) in [6.07, 6.45) is 12.2. The normalized spacial score (nSPS) is 11.6. The lowest BCUT2D eigenvalue weighted by Gasteiger charge is -2.12. The smallest absolute Gasteiger partial charge is 0.338 e. The van der Waals surface area contributed by atoms with Gasteiger partial charge in [0.05, 0.1) is 12.2 Å². The van der Waals surface area contributed by atoms with E-state index in [1.807, 2.05) is 6.07 Å². The van der Waals surface area contributed by atoms with Crippen LogP contribution in [-0.2, 0) is 9.53 Å². The van der Waals surface area contributed by atoms with E-state index >= 15 is 0 Å². The zero-order valence-corrected chi connectivity index (χ0v) is 21.7. The van der Waals surface area contributed by atoms with E-state index in [1.165, 1.54) is 51.0 Å². The number of halogens is 1. The van der Waals surface area contributed by atoms with Crippen LogP contribution in [0.1, 0.15) is 97.4 Å². The lowest BCUT2D eigenvalue weighted by molar-refractivity contribution is -0.115. The van der Waals surface area contributed by atoms with E-state index in [9.17, 15) is 14.4 Å². The Bertz CT molecular complexity index is 959. The van der Waals surface area contributed by atoms with E-state index < -0.39 is 23.0 Å². The number of unbranched alkanes of at least 4 members (excludes halogenated alkanes) is 9. The zero-order valence-electron chi connectivity index (χ0n) is 21.0. The van der Waals surface area contributed by atoms with Crippen LogP contribution in [0.2, 0.25) is 0 Å². The molecule has 0 aliphatic rings. The number of rotatable bonds is 16. The van der Waals surface area contributed by atoms with Crippen LogP contribution in [0.4, 0.5) is 5.69 Å². The van der Waals surface area contributed by atoms with Crippen LogP contribution >= 0.6 is 11.6 Å². The first kappa shape index (κ1) is 28.6. The zero-order chi connectivity index (χ0) is 25.5. The maximum Gasteiger partial charge on any atom is 0.338 e. The lowest BCUT2D eigenvalue weighted by atomic mass is 10.0. The monoisotopic (exact) mass is 499 g/mol. The summed E-state index contributed by atoms with van der Waals surface area (Å²) >= 11 is 6.15. The van der Waals surface area contributed by atoms with E-state index in [4.69, 9.17) is 16.3 Å². The van der Waals surface area contributed by atoms with Crippen LogP contribution in [-0.4, -0.2) is 29.6 Å². The van der Waals surface area contributed by atoms with Gasteiger partial charge in [-0.15, -0.1) is 11.6 Å². The van der Waals surface area contributed by atoms with Gasteiger partial charge in [-0.25, -0.2) is 4.79 Å². The van der Waals surface area contributed by atoms with E-state index in [0.29, 0.717) is 23.4 Å². The molecule has 0 saturated heterocycles. The minimum absolute atomic E-state index is 0.339. The second-order valence-electron chi connectivity index (χ2n) is 8.93. The number of amides is 1. The van der Waals surface area contributed by atoms with E-state index in [2.05, 4.69) is 12.2 Å². The number of carbonyl (C=O) groups excluding carboxylic acids is 3. The van der Waals surface area contributed by atoms with E-state index in [1.54, 1.807) is 43.3 Å². The van der Waals surface area contributed by atoms with Crippen LogP contribution < -0.4 is 5.32 Å². The maximum atomic E-state index is 12.6. The Morgan fingerprint density at radius 2 is 1.49 bits per heavy atom. The van der Waals surface area contributed by atoms with Crippen molar-refractivity contribution in [3.05, 3.63) is 65.2 Å². The van der Waals surface area contributed by atoms with Crippen molar-refractivity contribution >= 4 is 34.9 Å². The van der Waals surface area contributed by atoms with Crippen molar-refractivity contribution in [3.8, 4) is 0 Å². The Hall–Kier alpha value is -2.66. The number of carbonyl (C=O) groups is 3. The van der Waals surface area contributed by atoms with Crippen molar-refractivity contribution in [1.82, 2.24) is 0 Å². The molecule has 0 aliphatic heterocycles. The molecule has 0 aliphatic carbocycles. The van der Waals surface area contributed by atoms with Gasteiger partial charge in [-0.3, -0.25) is 9.59 Å². The summed E-state index contributed by atoms with van der Waals surface area (Å²) < 4.78 is 5.38. The van der Waals surface area contributed by atoms with Crippen molar-refractivity contribution in [2.45, 2.75) is 83.4 Å². The fourth-order valence-electron chi connectivity index (χ4n) is 3.87. The summed E-state index contributed by atoms with van der Waals surface area (Å²) in [5.74, 6) is -1.54. The summed E-state index contributed by atoms with van der Waals surface area (Å²) in [4.78, 5) is 37.5. The Morgan fingerprint density at radius 3 is 2.14 bits per heavy atom. The summed E-state index contributed by atoms with van der Waals surface area (Å²) in [6.45, 7) is 4.40. The molecule has 2 rings (SSSR count). The first-order valence-corrected chi connectivity index (χ1v) is 13.2. The molecule has 1 unspecified atom stereocenters. The topological polar surface area (TPSA) is 72.5 Å². The van der Waals surface area contributed by atoms with E-state index in [0.717, 1.165) is 24.8 Å². The summed E-state index contributed by atoms with van der Waals surface area (Å²) in [6, 6.07) is 13.4. The molecule has 0 saturated carbocycles. The van der Waals surface area contributed by atoms with Crippen molar-refractivity contribution in [1.29, 1.82) is 0 Å². The Kier molecular flexibility index (Phi) is 13.1. The molecule has 0 aromatic heterocycles. The molecule has 35 heavy (non-hydrogen) atoms. The molecule has 0 spiro atoms. The van der Waals surface area contributed by atoms with Crippen LogP contribution in [0.15, 0.2) is 48.5 Å². The molecule has 1 atom stereocenters. The molecule has 0 bridgehead atoms. The Balaban J connectivity index is 1.72. The molecular weight excluding hydrogens is 462 g/mol. The average molecular weight is 500 g/mol. The highest BCUT2D eigenvalue weighted by molar-refractivity contribution is 6.45. The van der Waals surface area contributed by atoms with Crippen molar-refractivity contribution in [2.75, 3.05) is 11.9 Å². The minimum Gasteiger partial charge on any atom is -0.462 e. The Labute approximate surface area is 214 Å². The van der Waals surface area contributed by atoms with Gasteiger partial charge in [0.2, 0.25) is 5.91 Å².